The Morgan fingerprint density at radius 2 is 1.50 bits per heavy atom. The molecule has 38 heavy (non-hydrogen) atoms. The van der Waals surface area contributed by atoms with Gasteiger partial charge in [-0.25, -0.2) is 9.97 Å². The molecule has 184 valence electrons. The van der Waals surface area contributed by atoms with Crippen LogP contribution in [0.15, 0.2) is 114 Å². The number of nitrogens with zero attached hydrogens (tertiary/aromatic N) is 3. The van der Waals surface area contributed by atoms with Gasteiger partial charge in [0.05, 0.1) is 11.0 Å². The van der Waals surface area contributed by atoms with E-state index in [-0.39, 0.29) is 5.41 Å². The van der Waals surface area contributed by atoms with Gasteiger partial charge in [0.15, 0.2) is 0 Å². The molecule has 3 aromatic heterocycles. The van der Waals surface area contributed by atoms with Crippen LogP contribution < -0.4 is 0 Å². The molecule has 4 heteroatoms. The number of para-hydroxylation sites is 2. The Kier molecular flexibility index (Phi) is 4.98. The molecular formula is C34H27N3O. The summed E-state index contributed by atoms with van der Waals surface area (Å²) in [6.45, 7) is 6.72. The van der Waals surface area contributed by atoms with Crippen LogP contribution in [-0.2, 0) is 5.41 Å². The number of furan rings is 1. The lowest BCUT2D eigenvalue weighted by molar-refractivity contribution is 0.590. The van der Waals surface area contributed by atoms with E-state index < -0.39 is 0 Å². The molecule has 0 amide bonds. The van der Waals surface area contributed by atoms with Crippen LogP contribution in [-0.4, -0.2) is 14.5 Å². The first kappa shape index (κ1) is 22.5. The second kappa shape index (κ2) is 8.42. The lowest BCUT2D eigenvalue weighted by Crippen LogP contribution is -2.11. The highest BCUT2D eigenvalue weighted by atomic mass is 16.3. The number of benzene rings is 4. The SMILES string of the molecule is CC(C)(C)c1ccc(-n2c(-c3cc(-c4ccccc4)c4c(c3)oc3ncccc34)nc3ccccc32)cc1. The third-order valence-corrected chi connectivity index (χ3v) is 7.24. The number of aromatic nitrogens is 3. The van der Waals surface area contributed by atoms with Gasteiger partial charge in [-0.1, -0.05) is 75.4 Å². The molecule has 0 bridgehead atoms. The van der Waals surface area contributed by atoms with E-state index in [0.29, 0.717) is 5.71 Å². The Morgan fingerprint density at radius 3 is 2.29 bits per heavy atom. The van der Waals surface area contributed by atoms with E-state index in [1.165, 1.54) is 5.56 Å². The predicted molar refractivity (Wildman–Crippen MR) is 156 cm³/mol. The van der Waals surface area contributed by atoms with E-state index in [9.17, 15) is 0 Å². The number of hydrogen-bond acceptors (Lipinski definition) is 3. The number of fused-ring (bicyclic) bond motifs is 4. The highest BCUT2D eigenvalue weighted by Crippen LogP contribution is 2.40. The maximum atomic E-state index is 6.30. The Balaban J connectivity index is 1.53. The summed E-state index contributed by atoms with van der Waals surface area (Å²) in [5, 5.41) is 2.08. The van der Waals surface area contributed by atoms with Crippen molar-refractivity contribution in [3.05, 3.63) is 115 Å². The molecule has 0 aliphatic carbocycles. The molecule has 0 aliphatic heterocycles. The maximum Gasteiger partial charge on any atom is 0.227 e. The van der Waals surface area contributed by atoms with Crippen molar-refractivity contribution in [2.75, 3.05) is 0 Å². The zero-order valence-electron chi connectivity index (χ0n) is 21.6. The average Bonchev–Trinajstić information content (AvgIpc) is 3.51. The van der Waals surface area contributed by atoms with Crippen molar-refractivity contribution < 1.29 is 4.42 Å². The molecule has 0 saturated carbocycles. The molecule has 0 N–H and O–H groups in total. The molecule has 0 spiro atoms. The van der Waals surface area contributed by atoms with Gasteiger partial charge in [-0.3, -0.25) is 4.57 Å². The van der Waals surface area contributed by atoms with Crippen molar-refractivity contribution in [2.24, 2.45) is 0 Å². The summed E-state index contributed by atoms with van der Waals surface area (Å²) in [4.78, 5) is 9.63. The zero-order chi connectivity index (χ0) is 25.9. The quantitative estimate of drug-likeness (QED) is 0.247. The summed E-state index contributed by atoms with van der Waals surface area (Å²) in [5.74, 6) is 0.877. The van der Waals surface area contributed by atoms with E-state index in [2.05, 4.69) is 115 Å². The first-order valence-electron chi connectivity index (χ1n) is 12.9. The van der Waals surface area contributed by atoms with Gasteiger partial charge in [-0.05, 0) is 70.6 Å². The second-order valence-electron chi connectivity index (χ2n) is 10.8. The van der Waals surface area contributed by atoms with Crippen LogP contribution in [0.1, 0.15) is 26.3 Å². The van der Waals surface area contributed by atoms with Crippen LogP contribution in [0.5, 0.6) is 0 Å². The fourth-order valence-electron chi connectivity index (χ4n) is 5.31. The first-order valence-corrected chi connectivity index (χ1v) is 12.9. The topological polar surface area (TPSA) is 43.9 Å². The number of hydrogen-bond donors (Lipinski definition) is 0. The minimum atomic E-state index is 0.0866. The summed E-state index contributed by atoms with van der Waals surface area (Å²) < 4.78 is 8.55. The van der Waals surface area contributed by atoms with Crippen LogP contribution in [0.4, 0.5) is 0 Å². The van der Waals surface area contributed by atoms with E-state index in [1.807, 2.05) is 18.2 Å². The number of rotatable bonds is 3. The molecule has 0 unspecified atom stereocenters. The monoisotopic (exact) mass is 493 g/mol. The first-order chi connectivity index (χ1) is 18.5. The van der Waals surface area contributed by atoms with Crippen LogP contribution in [0.2, 0.25) is 0 Å². The summed E-state index contributed by atoms with van der Waals surface area (Å²) in [6, 6.07) is 36.0. The smallest absolute Gasteiger partial charge is 0.227 e. The normalized spacial score (nSPS) is 12.1. The molecule has 0 saturated heterocycles. The van der Waals surface area contributed by atoms with Crippen molar-refractivity contribution >= 4 is 33.1 Å². The number of pyridine rings is 1. The van der Waals surface area contributed by atoms with Crippen LogP contribution in [0.3, 0.4) is 0 Å². The molecule has 4 aromatic carbocycles. The van der Waals surface area contributed by atoms with E-state index in [0.717, 1.165) is 55.6 Å². The van der Waals surface area contributed by atoms with Gasteiger partial charge in [0.25, 0.3) is 0 Å². The lowest BCUT2D eigenvalue weighted by Gasteiger charge is -2.19. The Hall–Kier alpha value is -4.70. The molecule has 3 heterocycles. The van der Waals surface area contributed by atoms with Gasteiger partial charge >= 0.3 is 0 Å². The van der Waals surface area contributed by atoms with Crippen LogP contribution >= 0.6 is 0 Å². The highest BCUT2D eigenvalue weighted by molar-refractivity contribution is 6.12. The van der Waals surface area contributed by atoms with E-state index in [4.69, 9.17) is 9.40 Å². The van der Waals surface area contributed by atoms with E-state index in [1.54, 1.807) is 6.20 Å². The summed E-state index contributed by atoms with van der Waals surface area (Å²) >= 11 is 0. The Morgan fingerprint density at radius 1 is 0.737 bits per heavy atom. The minimum absolute atomic E-state index is 0.0866. The third kappa shape index (κ3) is 3.60. The van der Waals surface area contributed by atoms with Gasteiger partial charge in [0, 0.05) is 28.2 Å². The van der Waals surface area contributed by atoms with Crippen molar-refractivity contribution in [3.63, 3.8) is 0 Å². The second-order valence-corrected chi connectivity index (χ2v) is 10.8. The zero-order valence-corrected chi connectivity index (χ0v) is 21.6. The fourth-order valence-corrected chi connectivity index (χ4v) is 5.31. The Labute approximate surface area is 221 Å². The van der Waals surface area contributed by atoms with Gasteiger partial charge < -0.3 is 4.42 Å². The molecule has 0 aliphatic rings. The maximum absolute atomic E-state index is 6.30. The summed E-state index contributed by atoms with van der Waals surface area (Å²) in [7, 11) is 0. The molecular weight excluding hydrogens is 466 g/mol. The van der Waals surface area contributed by atoms with Crippen molar-refractivity contribution in [1.29, 1.82) is 0 Å². The number of imidazole rings is 1. The van der Waals surface area contributed by atoms with Crippen LogP contribution in [0.25, 0.3) is 61.3 Å². The standard InChI is InChI=1S/C34H27N3O/c1-34(2,3)24-15-17-25(18-16-24)37-29-14-8-7-13-28(29)36-32(37)23-20-27(22-10-5-4-6-11-22)31-26-12-9-19-35-33(26)38-30(31)21-23/h4-21H,1-3H3. The third-order valence-electron chi connectivity index (χ3n) is 7.24. The van der Waals surface area contributed by atoms with Crippen molar-refractivity contribution in [3.8, 4) is 28.2 Å². The molecule has 0 fully saturated rings. The predicted octanol–water partition coefficient (Wildman–Crippen LogP) is 8.95. The van der Waals surface area contributed by atoms with Gasteiger partial charge in [-0.2, -0.15) is 0 Å². The average molecular weight is 494 g/mol. The molecule has 0 radical (unpaired) electrons. The molecule has 4 nitrogen and oxygen atoms in total. The largest absolute Gasteiger partial charge is 0.438 e. The Bertz CT molecular complexity index is 1940. The van der Waals surface area contributed by atoms with Gasteiger partial charge in [0.1, 0.15) is 11.4 Å². The minimum Gasteiger partial charge on any atom is -0.438 e. The highest BCUT2D eigenvalue weighted by Gasteiger charge is 2.20. The molecule has 7 rings (SSSR count). The summed E-state index contributed by atoms with van der Waals surface area (Å²) in [5.41, 5.74) is 9.15. The fraction of sp³-hybridized carbons (Fsp3) is 0.118. The van der Waals surface area contributed by atoms with Crippen molar-refractivity contribution in [1.82, 2.24) is 14.5 Å². The van der Waals surface area contributed by atoms with Gasteiger partial charge in [0.2, 0.25) is 5.71 Å². The van der Waals surface area contributed by atoms with E-state index >= 15 is 0 Å². The molecule has 0 atom stereocenters. The molecule has 7 aromatic rings. The lowest BCUT2D eigenvalue weighted by atomic mass is 9.87. The van der Waals surface area contributed by atoms with Crippen LogP contribution in [0, 0.1) is 0 Å². The summed E-state index contributed by atoms with van der Waals surface area (Å²) in [6.07, 6.45) is 1.77. The van der Waals surface area contributed by atoms with Gasteiger partial charge in [-0.15, -0.1) is 0 Å². The van der Waals surface area contributed by atoms with Crippen molar-refractivity contribution in [2.45, 2.75) is 26.2 Å².